The third kappa shape index (κ3) is 7.01. The van der Waals surface area contributed by atoms with Gasteiger partial charge in [-0.2, -0.15) is 0 Å². The molecule has 66 valence electrons. The zero-order valence-electron chi connectivity index (χ0n) is 5.97. The lowest BCUT2D eigenvalue weighted by Gasteiger charge is -2.25. The molecule has 1 aliphatic rings. The molecule has 1 fully saturated rings. The average molecular weight is 165 g/mol. The van der Waals surface area contributed by atoms with Crippen molar-refractivity contribution < 1.29 is 20.1 Å². The van der Waals surface area contributed by atoms with Crippen LogP contribution in [0.2, 0.25) is 0 Å². The van der Waals surface area contributed by atoms with E-state index < -0.39 is 5.09 Å². The largest absolute Gasteiger partial charge is 0.396 e. The predicted octanol–water partition coefficient (Wildman–Crippen LogP) is -0.190. The first-order valence-corrected chi connectivity index (χ1v) is 3.22. The standard InChI is InChI=1S/C5H10O2.HNO3/c6-3-1-5-2-4-7-5;2-1(3)4/h5-6H,1-4H2;(H,2,3,4). The molecule has 0 amide bonds. The number of nitrogens with zero attached hydrogens (tertiary/aromatic N) is 1. The first-order chi connectivity index (χ1) is 5.16. The third-order valence-electron chi connectivity index (χ3n) is 1.24. The number of rotatable bonds is 2. The summed E-state index contributed by atoms with van der Waals surface area (Å²) in [6, 6.07) is 0. The van der Waals surface area contributed by atoms with Crippen molar-refractivity contribution >= 4 is 0 Å². The summed E-state index contributed by atoms with van der Waals surface area (Å²) in [6.45, 7) is 1.16. The van der Waals surface area contributed by atoms with Crippen LogP contribution >= 0.6 is 0 Å². The maximum absolute atomic E-state index is 8.36. The van der Waals surface area contributed by atoms with Gasteiger partial charge in [0.2, 0.25) is 0 Å². The van der Waals surface area contributed by atoms with Crippen molar-refractivity contribution in [3.8, 4) is 0 Å². The Labute approximate surface area is 63.5 Å². The van der Waals surface area contributed by atoms with Crippen molar-refractivity contribution in [2.24, 2.45) is 0 Å². The summed E-state index contributed by atoms with van der Waals surface area (Å²) in [5.41, 5.74) is 0. The minimum Gasteiger partial charge on any atom is -0.396 e. The van der Waals surface area contributed by atoms with Gasteiger partial charge in [-0.1, -0.05) is 0 Å². The van der Waals surface area contributed by atoms with E-state index in [4.69, 9.17) is 25.2 Å². The smallest absolute Gasteiger partial charge is 0.291 e. The van der Waals surface area contributed by atoms with Gasteiger partial charge in [0.1, 0.15) is 0 Å². The van der Waals surface area contributed by atoms with Gasteiger partial charge in [0.05, 0.1) is 6.10 Å². The number of hydrogen-bond acceptors (Lipinski definition) is 4. The Morgan fingerprint density at radius 3 is 2.27 bits per heavy atom. The molecule has 0 aromatic heterocycles. The van der Waals surface area contributed by atoms with Gasteiger partial charge in [-0.05, 0) is 12.8 Å². The molecule has 11 heavy (non-hydrogen) atoms. The number of ether oxygens (including phenoxy) is 1. The van der Waals surface area contributed by atoms with Gasteiger partial charge in [0.15, 0.2) is 0 Å². The van der Waals surface area contributed by atoms with Crippen molar-refractivity contribution in [3.05, 3.63) is 10.1 Å². The van der Waals surface area contributed by atoms with Crippen LogP contribution in [-0.2, 0) is 4.74 Å². The van der Waals surface area contributed by atoms with Crippen LogP contribution in [0.5, 0.6) is 0 Å². The Hall–Kier alpha value is -0.880. The second kappa shape index (κ2) is 5.87. The maximum Gasteiger partial charge on any atom is 0.291 e. The molecule has 1 aliphatic heterocycles. The van der Waals surface area contributed by atoms with Crippen molar-refractivity contribution in [1.29, 1.82) is 0 Å². The lowest BCUT2D eigenvalue weighted by Crippen LogP contribution is -2.27. The molecule has 0 saturated carbocycles. The summed E-state index contributed by atoms with van der Waals surface area (Å²) in [7, 11) is 0. The zero-order chi connectivity index (χ0) is 8.69. The van der Waals surface area contributed by atoms with E-state index in [1.54, 1.807) is 0 Å². The van der Waals surface area contributed by atoms with Crippen molar-refractivity contribution in [1.82, 2.24) is 0 Å². The van der Waals surface area contributed by atoms with Gasteiger partial charge in [-0.25, -0.2) is 0 Å². The van der Waals surface area contributed by atoms with Crippen LogP contribution in [0.15, 0.2) is 0 Å². The fourth-order valence-electron chi connectivity index (χ4n) is 0.656. The van der Waals surface area contributed by atoms with Crippen LogP contribution in [-0.4, -0.2) is 34.7 Å². The Balaban J connectivity index is 0.000000218. The van der Waals surface area contributed by atoms with Gasteiger partial charge in [-0.3, -0.25) is 0 Å². The molecule has 6 heteroatoms. The summed E-state index contributed by atoms with van der Waals surface area (Å²) in [5.74, 6) is 0. The van der Waals surface area contributed by atoms with E-state index >= 15 is 0 Å². The molecule has 0 bridgehead atoms. The van der Waals surface area contributed by atoms with Crippen LogP contribution in [0.4, 0.5) is 0 Å². The van der Waals surface area contributed by atoms with Gasteiger partial charge in [0, 0.05) is 13.2 Å². The maximum atomic E-state index is 8.36. The van der Waals surface area contributed by atoms with E-state index in [9.17, 15) is 0 Å². The normalized spacial score (nSPS) is 21.0. The highest BCUT2D eigenvalue weighted by Crippen LogP contribution is 2.13. The molecule has 1 rings (SSSR count). The van der Waals surface area contributed by atoms with Crippen molar-refractivity contribution in [3.63, 3.8) is 0 Å². The minimum absolute atomic E-state index is 0.269. The van der Waals surface area contributed by atoms with E-state index in [1.807, 2.05) is 0 Å². The fraction of sp³-hybridized carbons (Fsp3) is 1.00. The average Bonchev–Trinajstić information content (AvgIpc) is 1.77. The van der Waals surface area contributed by atoms with Crippen LogP contribution in [0, 0.1) is 10.1 Å². The highest BCUT2D eigenvalue weighted by atomic mass is 16.9. The number of aliphatic hydroxyl groups is 1. The molecule has 1 atom stereocenters. The third-order valence-corrected chi connectivity index (χ3v) is 1.24. The molecule has 0 spiro atoms. The molecule has 1 saturated heterocycles. The first-order valence-electron chi connectivity index (χ1n) is 3.22. The van der Waals surface area contributed by atoms with E-state index in [0.29, 0.717) is 6.10 Å². The van der Waals surface area contributed by atoms with Gasteiger partial charge >= 0.3 is 0 Å². The Morgan fingerprint density at radius 2 is 2.18 bits per heavy atom. The molecule has 0 aromatic rings. The van der Waals surface area contributed by atoms with Gasteiger partial charge in [0.25, 0.3) is 5.09 Å². The predicted molar refractivity (Wildman–Crippen MR) is 34.8 cm³/mol. The molecule has 0 aliphatic carbocycles. The Bertz CT molecular complexity index is 109. The van der Waals surface area contributed by atoms with Gasteiger partial charge in [-0.15, -0.1) is 10.1 Å². The van der Waals surface area contributed by atoms with E-state index in [1.165, 1.54) is 0 Å². The van der Waals surface area contributed by atoms with Gasteiger partial charge < -0.3 is 15.1 Å². The molecule has 0 radical (unpaired) electrons. The summed E-state index contributed by atoms with van der Waals surface area (Å²) in [5, 5.41) is 22.0. The second-order valence-corrected chi connectivity index (χ2v) is 2.03. The van der Waals surface area contributed by atoms with Crippen LogP contribution in [0.3, 0.4) is 0 Å². The SMILES string of the molecule is O=[N+]([O-])O.OCCC1CCO1. The highest BCUT2D eigenvalue weighted by Gasteiger charge is 2.15. The first kappa shape index (κ1) is 10.1. The fourth-order valence-corrected chi connectivity index (χ4v) is 0.656. The zero-order valence-corrected chi connectivity index (χ0v) is 5.97. The number of aliphatic hydroxyl groups excluding tert-OH is 1. The summed E-state index contributed by atoms with van der Waals surface area (Å²) >= 11 is 0. The summed E-state index contributed by atoms with van der Waals surface area (Å²) < 4.78 is 5.01. The Kier molecular flexibility index (Phi) is 5.40. The Morgan fingerprint density at radius 1 is 1.73 bits per heavy atom. The van der Waals surface area contributed by atoms with Crippen LogP contribution in [0.25, 0.3) is 0 Å². The molecular weight excluding hydrogens is 154 g/mol. The quantitative estimate of drug-likeness (QED) is 0.437. The molecular formula is C5H11NO5. The summed E-state index contributed by atoms with van der Waals surface area (Å²) in [4.78, 5) is 8.36. The topological polar surface area (TPSA) is 92.8 Å². The van der Waals surface area contributed by atoms with E-state index in [2.05, 4.69) is 0 Å². The molecule has 2 N–H and O–H groups in total. The molecule has 1 unspecified atom stereocenters. The van der Waals surface area contributed by atoms with Crippen molar-refractivity contribution in [2.45, 2.75) is 18.9 Å². The molecule has 1 heterocycles. The van der Waals surface area contributed by atoms with Crippen LogP contribution in [0.1, 0.15) is 12.8 Å². The summed E-state index contributed by atoms with van der Waals surface area (Å²) in [6.07, 6.45) is 2.34. The molecule has 0 aromatic carbocycles. The van der Waals surface area contributed by atoms with Crippen LogP contribution < -0.4 is 0 Å². The second-order valence-electron chi connectivity index (χ2n) is 2.03. The monoisotopic (exact) mass is 165 g/mol. The van der Waals surface area contributed by atoms with E-state index in [-0.39, 0.29) is 6.61 Å². The van der Waals surface area contributed by atoms with Crippen molar-refractivity contribution in [2.75, 3.05) is 13.2 Å². The lowest BCUT2D eigenvalue weighted by atomic mass is 10.1. The lowest BCUT2D eigenvalue weighted by molar-refractivity contribution is -0.742. The number of hydrogen-bond donors (Lipinski definition) is 2. The minimum atomic E-state index is -1.50. The van der Waals surface area contributed by atoms with E-state index in [0.717, 1.165) is 19.4 Å². The molecule has 6 nitrogen and oxygen atoms in total. The highest BCUT2D eigenvalue weighted by molar-refractivity contribution is 4.64.